The largest absolute Gasteiger partial charge is 0.481 e. The van der Waals surface area contributed by atoms with E-state index >= 15 is 0 Å². The minimum absolute atomic E-state index is 0.206. The second-order valence-corrected chi connectivity index (χ2v) is 7.62. The minimum Gasteiger partial charge on any atom is -0.481 e. The molecule has 1 aliphatic heterocycles. The van der Waals surface area contributed by atoms with E-state index in [1.807, 2.05) is 0 Å². The summed E-state index contributed by atoms with van der Waals surface area (Å²) in [6.45, 7) is 1.10. The molecular weight excluding hydrogens is 342 g/mol. The fourth-order valence-electron chi connectivity index (χ4n) is 2.63. The molecule has 1 amide bonds. The molecule has 0 radical (unpaired) electrons. The lowest BCUT2D eigenvalue weighted by Gasteiger charge is -2.15. The number of benzene rings is 1. The van der Waals surface area contributed by atoms with Gasteiger partial charge in [-0.3, -0.25) is 4.79 Å². The smallest absolute Gasteiger partial charge is 0.255 e. The Bertz CT molecular complexity index is 842. The molecule has 3 rings (SSSR count). The van der Waals surface area contributed by atoms with Gasteiger partial charge in [-0.2, -0.15) is 4.31 Å². The molecule has 0 aliphatic carbocycles. The lowest BCUT2D eigenvalue weighted by atomic mass is 10.2. The monoisotopic (exact) mass is 361 g/mol. The first-order valence-electron chi connectivity index (χ1n) is 7.92. The van der Waals surface area contributed by atoms with Gasteiger partial charge in [-0.25, -0.2) is 13.4 Å². The predicted molar refractivity (Wildman–Crippen MR) is 93.2 cm³/mol. The molecule has 2 heterocycles. The lowest BCUT2D eigenvalue weighted by molar-refractivity contribution is 0.102. The van der Waals surface area contributed by atoms with Crippen LogP contribution in [0.15, 0.2) is 47.5 Å². The van der Waals surface area contributed by atoms with Crippen molar-refractivity contribution in [2.24, 2.45) is 0 Å². The number of amides is 1. The second kappa shape index (κ2) is 7.20. The van der Waals surface area contributed by atoms with Crippen LogP contribution in [0.1, 0.15) is 23.2 Å². The number of aromatic nitrogens is 1. The summed E-state index contributed by atoms with van der Waals surface area (Å²) in [6, 6.07) is 9.27. The van der Waals surface area contributed by atoms with Gasteiger partial charge in [0.2, 0.25) is 15.9 Å². The molecule has 7 nitrogen and oxygen atoms in total. The van der Waals surface area contributed by atoms with Gasteiger partial charge in [-0.15, -0.1) is 0 Å². The Kier molecular flexibility index (Phi) is 5.00. The molecule has 1 aromatic heterocycles. The van der Waals surface area contributed by atoms with Crippen molar-refractivity contribution in [1.82, 2.24) is 9.29 Å². The Balaban J connectivity index is 1.71. The summed E-state index contributed by atoms with van der Waals surface area (Å²) in [5.41, 5.74) is 0.899. The van der Waals surface area contributed by atoms with Crippen LogP contribution in [0.25, 0.3) is 0 Å². The van der Waals surface area contributed by atoms with Crippen molar-refractivity contribution in [1.29, 1.82) is 0 Å². The second-order valence-electron chi connectivity index (χ2n) is 5.68. The fourth-order valence-corrected chi connectivity index (χ4v) is 4.15. The SMILES string of the molecule is COc1ccc(NC(=O)c2ccc(S(=O)(=O)N3CCCC3)cc2)cn1. The van der Waals surface area contributed by atoms with Gasteiger partial charge in [0.1, 0.15) is 0 Å². The number of pyridine rings is 1. The summed E-state index contributed by atoms with van der Waals surface area (Å²) < 4.78 is 31.4. The van der Waals surface area contributed by atoms with Crippen LogP contribution < -0.4 is 10.1 Å². The van der Waals surface area contributed by atoms with E-state index in [2.05, 4.69) is 10.3 Å². The first kappa shape index (κ1) is 17.4. The normalized spacial score (nSPS) is 15.1. The molecule has 0 unspecified atom stereocenters. The number of ether oxygens (including phenoxy) is 1. The van der Waals surface area contributed by atoms with Crippen molar-refractivity contribution >= 4 is 21.6 Å². The van der Waals surface area contributed by atoms with E-state index in [-0.39, 0.29) is 10.8 Å². The van der Waals surface area contributed by atoms with E-state index < -0.39 is 10.0 Å². The molecule has 1 N–H and O–H groups in total. The maximum Gasteiger partial charge on any atom is 0.255 e. The molecule has 1 saturated heterocycles. The number of rotatable bonds is 5. The Morgan fingerprint density at radius 1 is 1.12 bits per heavy atom. The van der Waals surface area contributed by atoms with E-state index in [1.165, 1.54) is 41.9 Å². The van der Waals surface area contributed by atoms with Crippen LogP contribution in [0, 0.1) is 0 Å². The lowest BCUT2D eigenvalue weighted by Crippen LogP contribution is -2.27. The highest BCUT2D eigenvalue weighted by atomic mass is 32.2. The quantitative estimate of drug-likeness (QED) is 0.881. The number of methoxy groups -OCH3 is 1. The molecule has 0 bridgehead atoms. The summed E-state index contributed by atoms with van der Waals surface area (Å²) in [5.74, 6) is 0.117. The zero-order chi connectivity index (χ0) is 17.9. The van der Waals surface area contributed by atoms with Crippen LogP contribution in [0.4, 0.5) is 5.69 Å². The third kappa shape index (κ3) is 3.80. The number of hydrogen-bond donors (Lipinski definition) is 1. The van der Waals surface area contributed by atoms with Gasteiger partial charge in [-0.05, 0) is 43.2 Å². The number of nitrogens with one attached hydrogen (secondary N) is 1. The molecule has 2 aromatic rings. The third-order valence-corrected chi connectivity index (χ3v) is 5.94. The van der Waals surface area contributed by atoms with Crippen LogP contribution in [0.5, 0.6) is 5.88 Å². The molecule has 1 aromatic carbocycles. The van der Waals surface area contributed by atoms with E-state index in [4.69, 9.17) is 4.74 Å². The van der Waals surface area contributed by atoms with E-state index in [0.29, 0.717) is 30.2 Å². The Hall–Kier alpha value is -2.45. The highest BCUT2D eigenvalue weighted by Crippen LogP contribution is 2.21. The molecule has 1 fully saturated rings. The number of sulfonamides is 1. The van der Waals surface area contributed by atoms with E-state index in [9.17, 15) is 13.2 Å². The maximum absolute atomic E-state index is 12.5. The van der Waals surface area contributed by atoms with Crippen LogP contribution in [0.3, 0.4) is 0 Å². The molecule has 25 heavy (non-hydrogen) atoms. The van der Waals surface area contributed by atoms with Crippen LogP contribution in [-0.2, 0) is 10.0 Å². The standard InChI is InChI=1S/C17H19N3O4S/c1-24-16-9-6-14(12-18-16)19-17(21)13-4-7-15(8-5-13)25(22,23)20-10-2-3-11-20/h4-9,12H,2-3,10-11H2,1H3,(H,19,21). The first-order chi connectivity index (χ1) is 12.0. The number of hydrogen-bond acceptors (Lipinski definition) is 5. The molecule has 1 aliphatic rings. The fraction of sp³-hybridized carbons (Fsp3) is 0.294. The van der Waals surface area contributed by atoms with Gasteiger partial charge in [0.15, 0.2) is 0 Å². The Morgan fingerprint density at radius 3 is 2.36 bits per heavy atom. The summed E-state index contributed by atoms with van der Waals surface area (Å²) in [5, 5.41) is 2.71. The highest BCUT2D eigenvalue weighted by molar-refractivity contribution is 7.89. The maximum atomic E-state index is 12.5. The van der Waals surface area contributed by atoms with Gasteiger partial charge in [0.25, 0.3) is 5.91 Å². The van der Waals surface area contributed by atoms with Gasteiger partial charge < -0.3 is 10.1 Å². The topological polar surface area (TPSA) is 88.6 Å². The molecule has 0 saturated carbocycles. The number of carbonyl (C=O) groups is 1. The third-order valence-electron chi connectivity index (χ3n) is 4.02. The Morgan fingerprint density at radius 2 is 1.80 bits per heavy atom. The number of anilines is 1. The average molecular weight is 361 g/mol. The summed E-state index contributed by atoms with van der Waals surface area (Å²) >= 11 is 0. The van der Waals surface area contributed by atoms with Crippen molar-refractivity contribution in [3.05, 3.63) is 48.2 Å². The number of carbonyl (C=O) groups excluding carboxylic acids is 1. The van der Waals surface area contributed by atoms with E-state index in [1.54, 1.807) is 12.1 Å². The summed E-state index contributed by atoms with van der Waals surface area (Å²) in [6.07, 6.45) is 3.26. The molecular formula is C17H19N3O4S. The van der Waals surface area contributed by atoms with Gasteiger partial charge in [0.05, 0.1) is 23.9 Å². The molecule has 0 spiro atoms. The first-order valence-corrected chi connectivity index (χ1v) is 9.36. The number of nitrogens with zero attached hydrogens (tertiary/aromatic N) is 2. The predicted octanol–water partition coefficient (Wildman–Crippen LogP) is 2.13. The molecule has 0 atom stereocenters. The zero-order valence-electron chi connectivity index (χ0n) is 13.8. The van der Waals surface area contributed by atoms with Crippen molar-refractivity contribution < 1.29 is 17.9 Å². The van der Waals surface area contributed by atoms with Gasteiger partial charge in [0, 0.05) is 24.7 Å². The van der Waals surface area contributed by atoms with Crippen molar-refractivity contribution in [3.63, 3.8) is 0 Å². The van der Waals surface area contributed by atoms with E-state index in [0.717, 1.165) is 12.8 Å². The average Bonchev–Trinajstić information content (AvgIpc) is 3.18. The van der Waals surface area contributed by atoms with Crippen LogP contribution in [0.2, 0.25) is 0 Å². The molecule has 8 heteroatoms. The van der Waals surface area contributed by atoms with Crippen LogP contribution >= 0.6 is 0 Å². The van der Waals surface area contributed by atoms with Crippen molar-refractivity contribution in [2.45, 2.75) is 17.7 Å². The summed E-state index contributed by atoms with van der Waals surface area (Å²) in [7, 11) is -1.96. The van der Waals surface area contributed by atoms with Crippen molar-refractivity contribution in [2.75, 3.05) is 25.5 Å². The van der Waals surface area contributed by atoms with Gasteiger partial charge >= 0.3 is 0 Å². The Labute approximate surface area is 146 Å². The minimum atomic E-state index is -3.47. The highest BCUT2D eigenvalue weighted by Gasteiger charge is 2.27. The zero-order valence-corrected chi connectivity index (χ0v) is 14.6. The molecule has 132 valence electrons. The van der Waals surface area contributed by atoms with Gasteiger partial charge in [-0.1, -0.05) is 0 Å². The summed E-state index contributed by atoms with van der Waals surface area (Å²) in [4.78, 5) is 16.5. The van der Waals surface area contributed by atoms with Crippen molar-refractivity contribution in [3.8, 4) is 5.88 Å². The van der Waals surface area contributed by atoms with Crippen LogP contribution in [-0.4, -0.2) is 43.8 Å².